The van der Waals surface area contributed by atoms with Crippen LogP contribution in [-0.4, -0.2) is 52.4 Å². The van der Waals surface area contributed by atoms with Crippen molar-refractivity contribution in [3.05, 3.63) is 65.8 Å². The van der Waals surface area contributed by atoms with Gasteiger partial charge < -0.3 is 14.9 Å². The average Bonchev–Trinajstić information content (AvgIpc) is 2.71. The number of anilines is 1. The number of hydrogen-bond acceptors (Lipinski definition) is 6. The van der Waals surface area contributed by atoms with Crippen molar-refractivity contribution in [3.63, 3.8) is 0 Å². The lowest BCUT2D eigenvalue weighted by molar-refractivity contribution is -0.137. The molecule has 0 saturated carbocycles. The fourth-order valence-electron chi connectivity index (χ4n) is 3.03. The van der Waals surface area contributed by atoms with E-state index >= 15 is 0 Å². The monoisotopic (exact) mass is 392 g/mol. The zero-order valence-corrected chi connectivity index (χ0v) is 14.9. The van der Waals surface area contributed by atoms with Crippen LogP contribution in [0.5, 0.6) is 0 Å². The van der Waals surface area contributed by atoms with Gasteiger partial charge in [0.25, 0.3) is 0 Å². The summed E-state index contributed by atoms with van der Waals surface area (Å²) in [6.07, 6.45) is 1.19. The zero-order valence-electron chi connectivity index (χ0n) is 14.9. The van der Waals surface area contributed by atoms with Crippen molar-refractivity contribution in [2.75, 3.05) is 31.1 Å². The number of halogens is 3. The normalized spacial score (nSPS) is 16.4. The third-order valence-electron chi connectivity index (χ3n) is 4.51. The molecule has 28 heavy (non-hydrogen) atoms. The van der Waals surface area contributed by atoms with Crippen LogP contribution >= 0.6 is 0 Å². The summed E-state index contributed by atoms with van der Waals surface area (Å²) in [5.74, 6) is 0.494. The van der Waals surface area contributed by atoms with Crippen molar-refractivity contribution in [3.8, 4) is 0 Å². The molecule has 0 spiro atoms. The molecule has 148 valence electrons. The van der Waals surface area contributed by atoms with E-state index < -0.39 is 17.8 Å². The van der Waals surface area contributed by atoms with E-state index in [9.17, 15) is 23.1 Å². The Balaban J connectivity index is 1.78. The van der Waals surface area contributed by atoms with Crippen LogP contribution in [0.25, 0.3) is 0 Å². The first-order valence-electron chi connectivity index (χ1n) is 8.67. The van der Waals surface area contributed by atoms with Crippen molar-refractivity contribution in [1.29, 1.82) is 0 Å². The Bertz CT molecular complexity index is 832. The standard InChI is InChI=1S/C19H19F3N4O2/c20-19(21,22)15-4-2-14(3-5-15)17(28)16-18(24-7-6-23-16)26-11-9-25(10-12-26)8-1-13-27/h1-8,13,17,28H,9-12H2/t17-/m0/s1. The summed E-state index contributed by atoms with van der Waals surface area (Å²) >= 11 is 0. The van der Waals surface area contributed by atoms with Crippen molar-refractivity contribution in [2.24, 2.45) is 0 Å². The molecular weight excluding hydrogens is 373 g/mol. The van der Waals surface area contributed by atoms with Crippen LogP contribution in [0.1, 0.15) is 22.9 Å². The summed E-state index contributed by atoms with van der Waals surface area (Å²) in [5.41, 5.74) is -0.177. The largest absolute Gasteiger partial charge is 0.416 e. The number of rotatable bonds is 5. The number of allylic oxidation sites excluding steroid dienone is 1. The summed E-state index contributed by atoms with van der Waals surface area (Å²) in [6.45, 7) is 2.54. The van der Waals surface area contributed by atoms with Crippen LogP contribution in [0.15, 0.2) is 48.9 Å². The fourth-order valence-corrected chi connectivity index (χ4v) is 3.03. The first-order chi connectivity index (χ1) is 13.4. The van der Waals surface area contributed by atoms with Crippen LogP contribution in [-0.2, 0) is 11.0 Å². The number of benzene rings is 1. The predicted molar refractivity (Wildman–Crippen MR) is 96.5 cm³/mol. The summed E-state index contributed by atoms with van der Waals surface area (Å²) in [6, 6.07) is 4.36. The van der Waals surface area contributed by atoms with E-state index in [-0.39, 0.29) is 0 Å². The SMILES string of the molecule is O=CC=CN1CCN(c2nccnc2[C@@H](O)c2ccc(C(F)(F)F)cc2)CC1. The maximum Gasteiger partial charge on any atom is 0.416 e. The number of hydrogen-bond donors (Lipinski definition) is 1. The van der Waals surface area contributed by atoms with Crippen LogP contribution in [0, 0.1) is 0 Å². The second-order valence-corrected chi connectivity index (χ2v) is 6.29. The molecule has 1 aliphatic heterocycles. The van der Waals surface area contributed by atoms with E-state index in [1.807, 2.05) is 9.80 Å². The molecule has 1 aromatic heterocycles. The maximum absolute atomic E-state index is 12.7. The average molecular weight is 392 g/mol. The molecular formula is C19H19F3N4O2. The van der Waals surface area contributed by atoms with Gasteiger partial charge in [0.05, 0.1) is 5.56 Å². The Morgan fingerprint density at radius 3 is 2.29 bits per heavy atom. The van der Waals surface area contributed by atoms with E-state index in [1.54, 1.807) is 6.20 Å². The van der Waals surface area contributed by atoms with E-state index in [2.05, 4.69) is 9.97 Å². The van der Waals surface area contributed by atoms with Crippen molar-refractivity contribution < 1.29 is 23.1 Å². The van der Waals surface area contributed by atoms with Crippen LogP contribution < -0.4 is 4.90 Å². The van der Waals surface area contributed by atoms with Gasteiger partial charge in [-0.25, -0.2) is 4.98 Å². The molecule has 0 amide bonds. The van der Waals surface area contributed by atoms with Crippen molar-refractivity contribution in [1.82, 2.24) is 14.9 Å². The maximum atomic E-state index is 12.7. The molecule has 1 atom stereocenters. The Hall–Kier alpha value is -2.94. The van der Waals surface area contributed by atoms with E-state index in [0.717, 1.165) is 12.1 Å². The first-order valence-corrected chi connectivity index (χ1v) is 8.67. The summed E-state index contributed by atoms with van der Waals surface area (Å²) in [5, 5.41) is 10.7. The molecule has 2 aromatic rings. The topological polar surface area (TPSA) is 69.6 Å². The van der Waals surface area contributed by atoms with Gasteiger partial charge in [-0.1, -0.05) is 12.1 Å². The third-order valence-corrected chi connectivity index (χ3v) is 4.51. The lowest BCUT2D eigenvalue weighted by Crippen LogP contribution is -2.45. The Morgan fingerprint density at radius 2 is 1.68 bits per heavy atom. The molecule has 0 aliphatic carbocycles. The van der Waals surface area contributed by atoms with Gasteiger partial charge in [-0.15, -0.1) is 0 Å². The molecule has 0 radical (unpaired) electrons. The molecule has 1 aromatic carbocycles. The zero-order chi connectivity index (χ0) is 20.1. The molecule has 2 heterocycles. The molecule has 1 saturated heterocycles. The number of aldehydes is 1. The summed E-state index contributed by atoms with van der Waals surface area (Å²) in [4.78, 5) is 22.9. The predicted octanol–water partition coefficient (Wildman–Crippen LogP) is 2.41. The lowest BCUT2D eigenvalue weighted by Gasteiger charge is -2.35. The van der Waals surface area contributed by atoms with Gasteiger partial charge in [0.2, 0.25) is 0 Å². The highest BCUT2D eigenvalue weighted by Gasteiger charge is 2.31. The second kappa shape index (κ2) is 8.39. The minimum absolute atomic E-state index is 0.291. The summed E-state index contributed by atoms with van der Waals surface area (Å²) < 4.78 is 38.2. The number of alkyl halides is 3. The Labute approximate surface area is 159 Å². The first kappa shape index (κ1) is 19.8. The number of aliphatic hydroxyl groups excluding tert-OH is 1. The molecule has 0 bridgehead atoms. The quantitative estimate of drug-likeness (QED) is 0.623. The minimum Gasteiger partial charge on any atom is -0.382 e. The van der Waals surface area contributed by atoms with E-state index in [1.165, 1.54) is 30.6 Å². The smallest absolute Gasteiger partial charge is 0.382 e. The van der Waals surface area contributed by atoms with E-state index in [4.69, 9.17) is 0 Å². The molecule has 1 fully saturated rings. The Kier molecular flexibility index (Phi) is 5.93. The van der Waals surface area contributed by atoms with Gasteiger partial charge in [-0.3, -0.25) is 9.78 Å². The molecule has 1 N–H and O–H groups in total. The number of carbonyl (C=O) groups is 1. The number of aromatic nitrogens is 2. The van der Waals surface area contributed by atoms with Gasteiger partial charge in [-0.2, -0.15) is 13.2 Å². The number of carbonyl (C=O) groups excluding carboxylic acids is 1. The molecule has 1 aliphatic rings. The Morgan fingerprint density at radius 1 is 1.04 bits per heavy atom. The van der Waals surface area contributed by atoms with Gasteiger partial charge in [0.1, 0.15) is 18.1 Å². The molecule has 0 unspecified atom stereocenters. The number of nitrogens with zero attached hydrogens (tertiary/aromatic N) is 4. The third kappa shape index (κ3) is 4.48. The van der Waals surface area contributed by atoms with E-state index in [0.29, 0.717) is 49.5 Å². The second-order valence-electron chi connectivity index (χ2n) is 6.29. The van der Waals surface area contributed by atoms with Crippen LogP contribution in [0.3, 0.4) is 0 Å². The van der Waals surface area contributed by atoms with Crippen molar-refractivity contribution >= 4 is 12.1 Å². The highest BCUT2D eigenvalue weighted by atomic mass is 19.4. The van der Waals surface area contributed by atoms with Gasteiger partial charge in [-0.05, 0) is 23.8 Å². The van der Waals surface area contributed by atoms with Crippen LogP contribution in [0.4, 0.5) is 19.0 Å². The van der Waals surface area contributed by atoms with Crippen molar-refractivity contribution in [2.45, 2.75) is 12.3 Å². The molecule has 3 rings (SSSR count). The number of piperazine rings is 1. The fraction of sp³-hybridized carbons (Fsp3) is 0.316. The number of aliphatic hydroxyl groups is 1. The molecule has 9 heteroatoms. The highest BCUT2D eigenvalue weighted by Crippen LogP contribution is 2.32. The van der Waals surface area contributed by atoms with Gasteiger partial charge in [0, 0.05) is 44.8 Å². The molecule has 6 nitrogen and oxygen atoms in total. The minimum atomic E-state index is -4.43. The lowest BCUT2D eigenvalue weighted by atomic mass is 10.0. The highest BCUT2D eigenvalue weighted by molar-refractivity contribution is 5.64. The van der Waals surface area contributed by atoms with Gasteiger partial charge >= 0.3 is 6.18 Å². The van der Waals surface area contributed by atoms with Crippen LogP contribution in [0.2, 0.25) is 0 Å². The summed E-state index contributed by atoms with van der Waals surface area (Å²) in [7, 11) is 0. The van der Waals surface area contributed by atoms with Gasteiger partial charge in [0.15, 0.2) is 5.82 Å².